The molecule has 15 heteroatoms. The maximum absolute atomic E-state index is 13.8. The van der Waals surface area contributed by atoms with Crippen LogP contribution in [0.2, 0.25) is 0 Å². The van der Waals surface area contributed by atoms with Gasteiger partial charge in [-0.05, 0) is 19.1 Å². The number of carboxylic acids is 1. The third-order valence-electron chi connectivity index (χ3n) is 6.10. The Labute approximate surface area is 221 Å². The lowest BCUT2D eigenvalue weighted by molar-refractivity contribution is -0.141. The van der Waals surface area contributed by atoms with Crippen molar-refractivity contribution in [1.29, 1.82) is 0 Å². The predicted octanol–water partition coefficient (Wildman–Crippen LogP) is 1.55. The predicted molar refractivity (Wildman–Crippen MR) is 127 cm³/mol. The summed E-state index contributed by atoms with van der Waals surface area (Å²) in [5, 5.41) is 11.4. The van der Waals surface area contributed by atoms with Crippen molar-refractivity contribution in [2.24, 2.45) is 0 Å². The number of carboxylic acid groups (broad SMARTS) is 1. The molecule has 39 heavy (non-hydrogen) atoms. The first-order valence-electron chi connectivity index (χ1n) is 11.6. The highest BCUT2D eigenvalue weighted by Gasteiger charge is 2.34. The minimum atomic E-state index is -3.73. The fourth-order valence-electron chi connectivity index (χ4n) is 3.87. The zero-order chi connectivity index (χ0) is 28.9. The first-order chi connectivity index (χ1) is 18.3. The van der Waals surface area contributed by atoms with E-state index < -0.39 is 81.8 Å². The highest BCUT2D eigenvalue weighted by molar-refractivity contribution is 7.89. The number of benzene rings is 2. The van der Waals surface area contributed by atoms with Gasteiger partial charge in [0.2, 0.25) is 27.6 Å². The van der Waals surface area contributed by atoms with Crippen LogP contribution in [-0.2, 0) is 24.4 Å². The van der Waals surface area contributed by atoms with E-state index in [-0.39, 0.29) is 37.1 Å². The number of Topliss-reactive ketones (excluding diaryl/α,β-unsaturated/α-hetero) is 1. The number of rotatable bonds is 11. The molecule has 1 aliphatic rings. The Morgan fingerprint density at radius 2 is 1.56 bits per heavy atom. The van der Waals surface area contributed by atoms with E-state index in [0.29, 0.717) is 0 Å². The van der Waals surface area contributed by atoms with Gasteiger partial charge in [-0.3, -0.25) is 19.3 Å². The zero-order valence-corrected chi connectivity index (χ0v) is 21.4. The quantitative estimate of drug-likeness (QED) is 0.305. The van der Waals surface area contributed by atoms with E-state index in [1.165, 1.54) is 23.4 Å². The molecule has 0 saturated carbocycles. The molecule has 0 aliphatic carbocycles. The second kappa shape index (κ2) is 12.5. The third-order valence-corrected chi connectivity index (χ3v) is 8.01. The van der Waals surface area contributed by atoms with Gasteiger partial charge in [0.05, 0.1) is 17.4 Å². The normalized spacial score (nSPS) is 16.3. The molecule has 2 atom stereocenters. The van der Waals surface area contributed by atoms with E-state index in [4.69, 9.17) is 5.11 Å². The molecule has 0 bridgehead atoms. The van der Waals surface area contributed by atoms with Crippen LogP contribution in [0.25, 0.3) is 0 Å². The highest BCUT2D eigenvalue weighted by Crippen LogP contribution is 2.26. The number of piperazine rings is 1. The van der Waals surface area contributed by atoms with Gasteiger partial charge in [-0.15, -0.1) is 0 Å². The van der Waals surface area contributed by atoms with Crippen LogP contribution >= 0.6 is 0 Å². The summed E-state index contributed by atoms with van der Waals surface area (Å²) in [6.45, 7) is 0.730. The minimum Gasteiger partial charge on any atom is -0.481 e. The molecule has 0 aromatic heterocycles. The molecule has 0 unspecified atom stereocenters. The number of nitrogens with zero attached hydrogens (tertiary/aromatic N) is 2. The van der Waals surface area contributed by atoms with Crippen LogP contribution in [0.5, 0.6) is 5.75 Å². The van der Waals surface area contributed by atoms with Gasteiger partial charge < -0.3 is 15.2 Å². The van der Waals surface area contributed by atoms with Crippen LogP contribution in [-0.4, -0.2) is 85.3 Å². The van der Waals surface area contributed by atoms with E-state index in [2.05, 4.69) is 10.1 Å². The average molecular weight is 576 g/mol. The number of halogens is 4. The van der Waals surface area contributed by atoms with Gasteiger partial charge >= 0.3 is 5.97 Å². The van der Waals surface area contributed by atoms with E-state index in [1.807, 2.05) is 0 Å². The van der Waals surface area contributed by atoms with Crippen molar-refractivity contribution in [3.63, 3.8) is 0 Å². The molecular weight excluding hydrogens is 550 g/mol. The first-order valence-corrected chi connectivity index (χ1v) is 13.1. The van der Waals surface area contributed by atoms with Crippen molar-refractivity contribution in [3.8, 4) is 5.75 Å². The number of aliphatic carboxylic acids is 1. The van der Waals surface area contributed by atoms with Crippen molar-refractivity contribution < 1.29 is 50.2 Å². The summed E-state index contributed by atoms with van der Waals surface area (Å²) in [4.78, 5) is 38.4. The second-order valence-corrected chi connectivity index (χ2v) is 10.6. The van der Waals surface area contributed by atoms with E-state index in [9.17, 15) is 40.4 Å². The number of ketones is 1. The topological polar surface area (TPSA) is 133 Å². The van der Waals surface area contributed by atoms with Crippen LogP contribution < -0.4 is 10.1 Å². The Hall–Kier alpha value is -3.56. The van der Waals surface area contributed by atoms with Crippen LogP contribution in [0, 0.1) is 23.3 Å². The molecule has 0 radical (unpaired) electrons. The molecule has 1 aliphatic heterocycles. The Balaban J connectivity index is 1.62. The molecule has 10 nitrogen and oxygen atoms in total. The molecule has 3 rings (SSSR count). The molecule has 2 aromatic carbocycles. The maximum Gasteiger partial charge on any atom is 0.305 e. The van der Waals surface area contributed by atoms with Crippen molar-refractivity contribution in [2.45, 2.75) is 30.3 Å². The van der Waals surface area contributed by atoms with Gasteiger partial charge in [-0.1, -0.05) is 18.2 Å². The Kier molecular flexibility index (Phi) is 9.63. The van der Waals surface area contributed by atoms with Gasteiger partial charge in [0.15, 0.2) is 23.2 Å². The number of carbonyl (C=O) groups excluding carboxylic acids is 2. The van der Waals surface area contributed by atoms with Crippen molar-refractivity contribution in [3.05, 3.63) is 59.7 Å². The summed E-state index contributed by atoms with van der Waals surface area (Å²) >= 11 is 0. The number of ether oxygens (including phenoxy) is 1. The second-order valence-electron chi connectivity index (χ2n) is 8.64. The van der Waals surface area contributed by atoms with Gasteiger partial charge in [-0.25, -0.2) is 17.2 Å². The SMILES string of the molecule is C[C@@H](C(=O)N[C@@H](CC(=O)O)C(=O)COc1c(F)c(F)cc(F)c1F)N1CCN(S(=O)(=O)c2ccccc2)CC1. The highest BCUT2D eigenvalue weighted by atomic mass is 32.2. The number of amides is 1. The molecule has 1 heterocycles. The fraction of sp³-hybridized carbons (Fsp3) is 0.375. The van der Waals surface area contributed by atoms with Crippen molar-refractivity contribution in [1.82, 2.24) is 14.5 Å². The lowest BCUT2D eigenvalue weighted by atomic mass is 10.1. The molecule has 1 saturated heterocycles. The van der Waals surface area contributed by atoms with E-state index in [1.54, 1.807) is 23.1 Å². The summed E-state index contributed by atoms with van der Waals surface area (Å²) in [7, 11) is -3.73. The molecule has 1 fully saturated rings. The van der Waals surface area contributed by atoms with Crippen LogP contribution in [0.1, 0.15) is 13.3 Å². The summed E-state index contributed by atoms with van der Waals surface area (Å²) < 4.78 is 85.8. The lowest BCUT2D eigenvalue weighted by Gasteiger charge is -2.37. The smallest absolute Gasteiger partial charge is 0.305 e. The number of carbonyl (C=O) groups is 3. The Morgan fingerprint density at radius 1 is 1.00 bits per heavy atom. The molecule has 2 N–H and O–H groups in total. The lowest BCUT2D eigenvalue weighted by Crippen LogP contribution is -2.57. The summed E-state index contributed by atoms with van der Waals surface area (Å²) in [6.07, 6.45) is -0.910. The summed E-state index contributed by atoms with van der Waals surface area (Å²) in [6, 6.07) is 5.15. The Morgan fingerprint density at radius 3 is 2.10 bits per heavy atom. The molecule has 2 aromatic rings. The first kappa shape index (κ1) is 30.0. The van der Waals surface area contributed by atoms with Gasteiger partial charge in [0, 0.05) is 32.2 Å². The summed E-state index contributed by atoms with van der Waals surface area (Å²) in [5.74, 6) is -12.2. The number of hydrogen-bond acceptors (Lipinski definition) is 7. The molecule has 212 valence electrons. The number of hydrogen-bond donors (Lipinski definition) is 2. The van der Waals surface area contributed by atoms with Crippen molar-refractivity contribution >= 4 is 27.7 Å². The van der Waals surface area contributed by atoms with Gasteiger partial charge in [0.1, 0.15) is 12.6 Å². The molecular formula is C24H25F4N3O7S. The van der Waals surface area contributed by atoms with Crippen LogP contribution in [0.4, 0.5) is 17.6 Å². The van der Waals surface area contributed by atoms with Gasteiger partial charge in [0.25, 0.3) is 0 Å². The summed E-state index contributed by atoms with van der Waals surface area (Å²) in [5.41, 5.74) is 0. The van der Waals surface area contributed by atoms with Crippen LogP contribution in [0.15, 0.2) is 41.3 Å². The van der Waals surface area contributed by atoms with Crippen LogP contribution in [0.3, 0.4) is 0 Å². The zero-order valence-electron chi connectivity index (χ0n) is 20.6. The molecule has 1 amide bonds. The van der Waals surface area contributed by atoms with E-state index in [0.717, 1.165) is 0 Å². The fourth-order valence-corrected chi connectivity index (χ4v) is 5.32. The third kappa shape index (κ3) is 7.10. The van der Waals surface area contributed by atoms with Gasteiger partial charge in [-0.2, -0.15) is 13.1 Å². The largest absolute Gasteiger partial charge is 0.481 e. The van der Waals surface area contributed by atoms with E-state index >= 15 is 0 Å². The molecule has 0 spiro atoms. The monoisotopic (exact) mass is 575 g/mol. The number of nitrogens with one attached hydrogen (secondary N) is 1. The maximum atomic E-state index is 13.8. The average Bonchev–Trinajstić information content (AvgIpc) is 2.91. The Bertz CT molecular complexity index is 1310. The standard InChI is InChI=1S/C24H25F4N3O7S/c1-14(30-7-9-31(10-8-30)39(36,37)15-5-3-2-4-6-15)24(35)29-18(12-20(33)34)19(32)13-38-23-21(27)16(25)11-17(26)22(23)28/h2-6,11,14,18H,7-10,12-13H2,1H3,(H,29,35)(H,33,34)/t14-,18-/m0/s1. The minimum absolute atomic E-state index is 0.0505. The van der Waals surface area contributed by atoms with Crippen molar-refractivity contribution in [2.75, 3.05) is 32.8 Å². The number of sulfonamides is 1.